The summed E-state index contributed by atoms with van der Waals surface area (Å²) in [5.74, 6) is 0.912. The lowest BCUT2D eigenvalue weighted by molar-refractivity contribution is 0.645. The average molecular weight is 404 g/mol. The van der Waals surface area contributed by atoms with Gasteiger partial charge in [0.2, 0.25) is 0 Å². The molecule has 7 nitrogen and oxygen atoms in total. The van der Waals surface area contributed by atoms with Crippen molar-refractivity contribution in [1.29, 1.82) is 0 Å². The van der Waals surface area contributed by atoms with Gasteiger partial charge in [-0.05, 0) is 0 Å². The fourth-order valence-electron chi connectivity index (χ4n) is 3.48. The summed E-state index contributed by atoms with van der Waals surface area (Å²) in [5.41, 5.74) is 4.04. The molecule has 0 atom stereocenters. The van der Waals surface area contributed by atoms with Gasteiger partial charge < -0.3 is 9.80 Å². The lowest BCUT2D eigenvalue weighted by atomic mass is 10.2. The van der Waals surface area contributed by atoms with Crippen LogP contribution in [0.15, 0.2) is 60.5 Å². The van der Waals surface area contributed by atoms with Crippen molar-refractivity contribution in [3.63, 3.8) is 0 Å². The van der Waals surface area contributed by atoms with E-state index in [-0.39, 0.29) is 0 Å². The summed E-state index contributed by atoms with van der Waals surface area (Å²) in [6.07, 6.45) is 7.40. The van der Waals surface area contributed by atoms with Crippen LogP contribution < -0.4 is 9.80 Å². The van der Waals surface area contributed by atoms with Gasteiger partial charge in [0.05, 0.1) is 30.0 Å². The zero-order chi connectivity index (χ0) is 19.6. The Kier molecular flexibility index (Phi) is 4.69. The van der Waals surface area contributed by atoms with Crippen LogP contribution in [0.25, 0.3) is 22.5 Å². The summed E-state index contributed by atoms with van der Waals surface area (Å²) in [5, 5.41) is 7.45. The normalized spacial score (nSPS) is 14.4. The van der Waals surface area contributed by atoms with Gasteiger partial charge in [0, 0.05) is 55.9 Å². The third-order valence-electron chi connectivity index (χ3n) is 5.06. The first-order valence-electron chi connectivity index (χ1n) is 9.58. The van der Waals surface area contributed by atoms with Crippen molar-refractivity contribution < 1.29 is 0 Å². The summed E-state index contributed by atoms with van der Waals surface area (Å²) >= 11 is 1.71. The van der Waals surface area contributed by atoms with Crippen molar-refractivity contribution in [2.24, 2.45) is 7.05 Å². The highest BCUT2D eigenvalue weighted by molar-refractivity contribution is 7.14. The predicted octanol–water partition coefficient (Wildman–Crippen LogP) is 3.33. The Morgan fingerprint density at radius 3 is 2.38 bits per heavy atom. The van der Waals surface area contributed by atoms with Gasteiger partial charge in [0.1, 0.15) is 5.82 Å². The van der Waals surface area contributed by atoms with Crippen LogP contribution in [0.3, 0.4) is 0 Å². The van der Waals surface area contributed by atoms with Crippen LogP contribution in [0.1, 0.15) is 0 Å². The number of aromatic nitrogens is 5. The molecule has 1 aliphatic rings. The van der Waals surface area contributed by atoms with Crippen molar-refractivity contribution in [3.05, 3.63) is 60.5 Å². The number of hydrogen-bond donors (Lipinski definition) is 0. The second-order valence-electron chi connectivity index (χ2n) is 7.02. The third kappa shape index (κ3) is 3.71. The van der Waals surface area contributed by atoms with Gasteiger partial charge in [-0.3, -0.25) is 9.67 Å². The second-order valence-corrected chi connectivity index (χ2v) is 7.86. The lowest BCUT2D eigenvalue weighted by Crippen LogP contribution is -2.46. The number of piperazine rings is 1. The SMILES string of the molecule is Cn1cc(-c2cncc(N3CCN(c4nc(-c5ccccc5)cs4)CC3)n2)cn1. The molecule has 0 spiro atoms. The molecule has 1 aliphatic heterocycles. The Morgan fingerprint density at radius 2 is 1.62 bits per heavy atom. The number of aryl methyl sites for hydroxylation is 1. The highest BCUT2D eigenvalue weighted by Gasteiger charge is 2.21. The second kappa shape index (κ2) is 7.63. The minimum absolute atomic E-state index is 0.852. The average Bonchev–Trinajstić information content (AvgIpc) is 3.44. The number of hydrogen-bond acceptors (Lipinski definition) is 7. The molecule has 1 fully saturated rings. The molecule has 1 saturated heterocycles. The van der Waals surface area contributed by atoms with Gasteiger partial charge >= 0.3 is 0 Å². The van der Waals surface area contributed by atoms with Crippen LogP contribution in [-0.2, 0) is 7.05 Å². The Balaban J connectivity index is 1.27. The molecular weight excluding hydrogens is 382 g/mol. The first-order chi connectivity index (χ1) is 14.3. The molecule has 0 unspecified atom stereocenters. The van der Waals surface area contributed by atoms with Crippen LogP contribution in [0, 0.1) is 0 Å². The van der Waals surface area contributed by atoms with Crippen LogP contribution in [0.2, 0.25) is 0 Å². The van der Waals surface area contributed by atoms with E-state index < -0.39 is 0 Å². The first-order valence-corrected chi connectivity index (χ1v) is 10.5. The molecule has 3 aromatic heterocycles. The van der Waals surface area contributed by atoms with Crippen LogP contribution in [0.5, 0.6) is 0 Å². The number of benzene rings is 1. The maximum absolute atomic E-state index is 4.85. The minimum atomic E-state index is 0.852. The highest BCUT2D eigenvalue weighted by Crippen LogP contribution is 2.28. The van der Waals surface area contributed by atoms with Gasteiger partial charge in [-0.2, -0.15) is 5.10 Å². The van der Waals surface area contributed by atoms with Crippen molar-refractivity contribution in [2.75, 3.05) is 36.0 Å². The van der Waals surface area contributed by atoms with Crippen LogP contribution in [-0.4, -0.2) is 50.9 Å². The molecule has 0 N–H and O–H groups in total. The van der Waals surface area contributed by atoms with Gasteiger partial charge in [-0.25, -0.2) is 9.97 Å². The third-order valence-corrected chi connectivity index (χ3v) is 5.96. The van der Waals surface area contributed by atoms with E-state index >= 15 is 0 Å². The smallest absolute Gasteiger partial charge is 0.185 e. The molecule has 4 heterocycles. The Hall–Kier alpha value is -3.26. The molecule has 5 rings (SSSR count). The molecule has 0 radical (unpaired) electrons. The van der Waals surface area contributed by atoms with Gasteiger partial charge in [0.25, 0.3) is 0 Å². The Bertz CT molecular complexity index is 1100. The molecule has 4 aromatic rings. The van der Waals surface area contributed by atoms with Gasteiger partial charge in [-0.15, -0.1) is 11.3 Å². The van der Waals surface area contributed by atoms with Crippen molar-refractivity contribution >= 4 is 22.3 Å². The zero-order valence-electron chi connectivity index (χ0n) is 16.1. The summed E-state index contributed by atoms with van der Waals surface area (Å²) in [7, 11) is 1.90. The molecule has 146 valence electrons. The van der Waals surface area contributed by atoms with E-state index in [1.165, 1.54) is 0 Å². The topological polar surface area (TPSA) is 63.0 Å². The summed E-state index contributed by atoms with van der Waals surface area (Å²) < 4.78 is 1.78. The van der Waals surface area contributed by atoms with Crippen LogP contribution >= 0.6 is 11.3 Å². The number of thiazole rings is 1. The summed E-state index contributed by atoms with van der Waals surface area (Å²) in [6, 6.07) is 10.3. The lowest BCUT2D eigenvalue weighted by Gasteiger charge is -2.35. The van der Waals surface area contributed by atoms with E-state index in [0.717, 1.165) is 59.6 Å². The zero-order valence-corrected chi connectivity index (χ0v) is 17.0. The Labute approximate surface area is 173 Å². The standard InChI is InChI=1S/C21H21N7S/c1-26-14-17(11-23-26)18-12-22-13-20(24-18)27-7-9-28(10-8-27)21-25-19(15-29-21)16-5-3-2-4-6-16/h2-6,11-15H,7-10H2,1H3. The molecule has 0 saturated carbocycles. The molecular formula is C21H21N7S. The fraction of sp³-hybridized carbons (Fsp3) is 0.238. The molecule has 29 heavy (non-hydrogen) atoms. The van der Waals surface area contributed by atoms with E-state index in [9.17, 15) is 0 Å². The van der Waals surface area contributed by atoms with Crippen molar-refractivity contribution in [3.8, 4) is 22.5 Å². The van der Waals surface area contributed by atoms with E-state index in [2.05, 4.69) is 37.4 Å². The van der Waals surface area contributed by atoms with Crippen molar-refractivity contribution in [2.45, 2.75) is 0 Å². The number of anilines is 2. The fourth-order valence-corrected chi connectivity index (χ4v) is 4.37. The van der Waals surface area contributed by atoms with Crippen LogP contribution in [0.4, 0.5) is 10.9 Å². The summed E-state index contributed by atoms with van der Waals surface area (Å²) in [6.45, 7) is 3.62. The number of nitrogens with zero attached hydrogens (tertiary/aromatic N) is 7. The van der Waals surface area contributed by atoms with Gasteiger partial charge in [-0.1, -0.05) is 30.3 Å². The monoisotopic (exact) mass is 403 g/mol. The maximum Gasteiger partial charge on any atom is 0.185 e. The van der Waals surface area contributed by atoms with E-state index in [1.807, 2.05) is 43.8 Å². The molecule has 1 aromatic carbocycles. The molecule has 8 heteroatoms. The molecule has 0 bridgehead atoms. The molecule has 0 amide bonds. The maximum atomic E-state index is 4.85. The quantitative estimate of drug-likeness (QED) is 0.521. The number of rotatable bonds is 4. The summed E-state index contributed by atoms with van der Waals surface area (Å²) in [4.78, 5) is 18.7. The van der Waals surface area contributed by atoms with E-state index in [0.29, 0.717) is 0 Å². The van der Waals surface area contributed by atoms with Crippen molar-refractivity contribution in [1.82, 2.24) is 24.7 Å². The van der Waals surface area contributed by atoms with Gasteiger partial charge in [0.15, 0.2) is 5.13 Å². The highest BCUT2D eigenvalue weighted by atomic mass is 32.1. The largest absolute Gasteiger partial charge is 0.352 e. The molecule has 0 aliphatic carbocycles. The minimum Gasteiger partial charge on any atom is -0.352 e. The van der Waals surface area contributed by atoms with E-state index in [4.69, 9.17) is 9.97 Å². The Morgan fingerprint density at radius 1 is 0.828 bits per heavy atom. The van der Waals surface area contributed by atoms with E-state index in [1.54, 1.807) is 22.2 Å². The predicted molar refractivity (Wildman–Crippen MR) is 116 cm³/mol. The first kappa shape index (κ1) is 17.8.